The number of unbranched alkanes of at least 4 members (excludes halogenated alkanes) is 1. The van der Waals surface area contributed by atoms with E-state index in [1.54, 1.807) is 11.1 Å². The van der Waals surface area contributed by atoms with Crippen molar-refractivity contribution in [2.75, 3.05) is 6.54 Å². The standard InChI is InChI=1S/C18H29N/c1-14(2)7-4-5-12-19-15(3)17-11-10-16-8-6-9-18(16)13-17/h10-11,13-15,19H,4-9,12H2,1-3H3. The molecule has 0 radical (unpaired) electrons. The van der Waals surface area contributed by atoms with Crippen LogP contribution in [-0.4, -0.2) is 6.54 Å². The molecule has 0 heterocycles. The Kier molecular flexibility index (Phi) is 5.45. The molecular formula is C18H29N. The van der Waals surface area contributed by atoms with Gasteiger partial charge < -0.3 is 5.32 Å². The van der Waals surface area contributed by atoms with Gasteiger partial charge in [-0.1, -0.05) is 44.9 Å². The first-order chi connectivity index (χ1) is 9.16. The molecule has 0 fully saturated rings. The van der Waals surface area contributed by atoms with Crippen molar-refractivity contribution in [2.45, 2.75) is 65.3 Å². The number of aryl methyl sites for hydroxylation is 2. The van der Waals surface area contributed by atoms with Crippen LogP contribution in [0.3, 0.4) is 0 Å². The molecule has 0 amide bonds. The molecule has 1 atom stereocenters. The smallest absolute Gasteiger partial charge is 0.0291 e. The van der Waals surface area contributed by atoms with Crippen LogP contribution >= 0.6 is 0 Å². The van der Waals surface area contributed by atoms with Crippen molar-refractivity contribution in [3.05, 3.63) is 34.9 Å². The highest BCUT2D eigenvalue weighted by molar-refractivity contribution is 5.36. The van der Waals surface area contributed by atoms with E-state index in [2.05, 4.69) is 44.3 Å². The third-order valence-electron chi connectivity index (χ3n) is 4.28. The zero-order valence-corrected chi connectivity index (χ0v) is 12.8. The summed E-state index contributed by atoms with van der Waals surface area (Å²) in [7, 11) is 0. The number of rotatable bonds is 7. The third kappa shape index (κ3) is 4.35. The van der Waals surface area contributed by atoms with Gasteiger partial charge in [0.1, 0.15) is 0 Å². The lowest BCUT2D eigenvalue weighted by Crippen LogP contribution is -2.20. The summed E-state index contributed by atoms with van der Waals surface area (Å²) >= 11 is 0. The van der Waals surface area contributed by atoms with Crippen molar-refractivity contribution in [1.29, 1.82) is 0 Å². The normalized spacial score (nSPS) is 15.8. The molecular weight excluding hydrogens is 230 g/mol. The van der Waals surface area contributed by atoms with E-state index in [9.17, 15) is 0 Å². The maximum absolute atomic E-state index is 3.66. The molecule has 2 rings (SSSR count). The van der Waals surface area contributed by atoms with Crippen LogP contribution in [0.4, 0.5) is 0 Å². The van der Waals surface area contributed by atoms with E-state index in [1.807, 2.05) is 0 Å². The van der Waals surface area contributed by atoms with Gasteiger partial charge in [0.05, 0.1) is 0 Å². The minimum atomic E-state index is 0.491. The van der Waals surface area contributed by atoms with Crippen molar-refractivity contribution < 1.29 is 0 Å². The summed E-state index contributed by atoms with van der Waals surface area (Å²) in [6.07, 6.45) is 7.91. The summed E-state index contributed by atoms with van der Waals surface area (Å²) in [5.74, 6) is 0.842. The number of hydrogen-bond acceptors (Lipinski definition) is 1. The Morgan fingerprint density at radius 1 is 1.05 bits per heavy atom. The average molecular weight is 259 g/mol. The van der Waals surface area contributed by atoms with Crippen molar-refractivity contribution >= 4 is 0 Å². The van der Waals surface area contributed by atoms with Crippen LogP contribution < -0.4 is 5.32 Å². The van der Waals surface area contributed by atoms with Gasteiger partial charge in [-0.3, -0.25) is 0 Å². The summed E-state index contributed by atoms with van der Waals surface area (Å²) < 4.78 is 0. The van der Waals surface area contributed by atoms with Crippen LogP contribution in [-0.2, 0) is 12.8 Å². The molecule has 1 nitrogen and oxygen atoms in total. The zero-order chi connectivity index (χ0) is 13.7. The zero-order valence-electron chi connectivity index (χ0n) is 12.8. The predicted molar refractivity (Wildman–Crippen MR) is 83.6 cm³/mol. The summed E-state index contributed by atoms with van der Waals surface area (Å²) in [5, 5.41) is 3.66. The molecule has 19 heavy (non-hydrogen) atoms. The van der Waals surface area contributed by atoms with Crippen LogP contribution in [0.25, 0.3) is 0 Å². The third-order valence-corrected chi connectivity index (χ3v) is 4.28. The molecule has 1 heteroatoms. The first kappa shape index (κ1) is 14.6. The largest absolute Gasteiger partial charge is 0.310 e. The second-order valence-electron chi connectivity index (χ2n) is 6.45. The quantitative estimate of drug-likeness (QED) is 0.703. The van der Waals surface area contributed by atoms with E-state index < -0.39 is 0 Å². The molecule has 106 valence electrons. The molecule has 0 saturated heterocycles. The molecule has 1 aromatic carbocycles. The van der Waals surface area contributed by atoms with Crippen molar-refractivity contribution in [3.8, 4) is 0 Å². The fraction of sp³-hybridized carbons (Fsp3) is 0.667. The van der Waals surface area contributed by atoms with Crippen LogP contribution in [0.1, 0.15) is 69.2 Å². The van der Waals surface area contributed by atoms with E-state index in [0.29, 0.717) is 6.04 Å². The fourth-order valence-electron chi connectivity index (χ4n) is 2.98. The lowest BCUT2D eigenvalue weighted by atomic mass is 10.0. The maximum atomic E-state index is 3.66. The second kappa shape index (κ2) is 7.09. The average Bonchev–Trinajstić information content (AvgIpc) is 2.84. The highest BCUT2D eigenvalue weighted by Gasteiger charge is 2.13. The Hall–Kier alpha value is -0.820. The Labute approximate surface area is 118 Å². The predicted octanol–water partition coefficient (Wildman–Crippen LogP) is 4.65. The Morgan fingerprint density at radius 2 is 1.84 bits per heavy atom. The van der Waals surface area contributed by atoms with Gasteiger partial charge in [-0.05, 0) is 61.8 Å². The highest BCUT2D eigenvalue weighted by atomic mass is 14.9. The first-order valence-corrected chi connectivity index (χ1v) is 8.02. The summed E-state index contributed by atoms with van der Waals surface area (Å²) in [6, 6.07) is 7.57. The van der Waals surface area contributed by atoms with Crippen molar-refractivity contribution in [3.63, 3.8) is 0 Å². The molecule has 0 spiro atoms. The van der Waals surface area contributed by atoms with Crippen molar-refractivity contribution in [1.82, 2.24) is 5.32 Å². The molecule has 0 aromatic heterocycles. The van der Waals surface area contributed by atoms with Gasteiger partial charge in [-0.15, -0.1) is 0 Å². The van der Waals surface area contributed by atoms with Crippen LogP contribution in [0, 0.1) is 5.92 Å². The minimum absolute atomic E-state index is 0.491. The molecule has 0 aliphatic heterocycles. The fourth-order valence-corrected chi connectivity index (χ4v) is 2.98. The Morgan fingerprint density at radius 3 is 2.63 bits per heavy atom. The molecule has 1 N–H and O–H groups in total. The molecule has 1 unspecified atom stereocenters. The van der Waals surface area contributed by atoms with Gasteiger partial charge in [0.15, 0.2) is 0 Å². The lowest BCUT2D eigenvalue weighted by molar-refractivity contribution is 0.498. The molecule has 0 bridgehead atoms. The summed E-state index contributed by atoms with van der Waals surface area (Å²) in [4.78, 5) is 0. The topological polar surface area (TPSA) is 12.0 Å². The second-order valence-corrected chi connectivity index (χ2v) is 6.45. The van der Waals surface area contributed by atoms with Crippen LogP contribution in [0.2, 0.25) is 0 Å². The molecule has 1 aliphatic rings. The first-order valence-electron chi connectivity index (χ1n) is 8.02. The molecule has 1 aliphatic carbocycles. The number of benzene rings is 1. The monoisotopic (exact) mass is 259 g/mol. The van der Waals surface area contributed by atoms with Crippen LogP contribution in [0.5, 0.6) is 0 Å². The maximum Gasteiger partial charge on any atom is 0.0291 e. The van der Waals surface area contributed by atoms with E-state index in [0.717, 1.165) is 12.5 Å². The lowest BCUT2D eigenvalue weighted by Gasteiger charge is -2.15. The van der Waals surface area contributed by atoms with Gasteiger partial charge in [0.25, 0.3) is 0 Å². The van der Waals surface area contributed by atoms with Gasteiger partial charge >= 0.3 is 0 Å². The Balaban J connectivity index is 1.75. The molecule has 0 saturated carbocycles. The van der Waals surface area contributed by atoms with E-state index in [4.69, 9.17) is 0 Å². The van der Waals surface area contributed by atoms with E-state index in [1.165, 1.54) is 44.1 Å². The SMILES string of the molecule is CC(C)CCCCNC(C)c1ccc2c(c1)CCC2. The Bertz CT molecular complexity index is 395. The van der Waals surface area contributed by atoms with E-state index >= 15 is 0 Å². The van der Waals surface area contributed by atoms with E-state index in [-0.39, 0.29) is 0 Å². The number of hydrogen-bond donors (Lipinski definition) is 1. The summed E-state index contributed by atoms with van der Waals surface area (Å²) in [5.41, 5.74) is 4.63. The minimum Gasteiger partial charge on any atom is -0.310 e. The van der Waals surface area contributed by atoms with Gasteiger partial charge in [0, 0.05) is 6.04 Å². The van der Waals surface area contributed by atoms with Gasteiger partial charge in [-0.2, -0.15) is 0 Å². The molecule has 1 aromatic rings. The van der Waals surface area contributed by atoms with Crippen molar-refractivity contribution in [2.24, 2.45) is 5.92 Å². The number of nitrogens with one attached hydrogen (secondary N) is 1. The highest BCUT2D eigenvalue weighted by Crippen LogP contribution is 2.25. The van der Waals surface area contributed by atoms with Gasteiger partial charge in [0.2, 0.25) is 0 Å². The van der Waals surface area contributed by atoms with Crippen LogP contribution in [0.15, 0.2) is 18.2 Å². The summed E-state index contributed by atoms with van der Waals surface area (Å²) in [6.45, 7) is 8.05. The number of fused-ring (bicyclic) bond motifs is 1. The van der Waals surface area contributed by atoms with Gasteiger partial charge in [-0.25, -0.2) is 0 Å².